The lowest BCUT2D eigenvalue weighted by molar-refractivity contribution is -0.125. The molecule has 7 heteroatoms. The maximum atomic E-state index is 11.9. The maximum Gasteiger partial charge on any atom is 0.224 e. The third kappa shape index (κ3) is 2.33. The fourth-order valence-corrected chi connectivity index (χ4v) is 3.45. The number of amides is 1. The van der Waals surface area contributed by atoms with Gasteiger partial charge in [-0.15, -0.1) is 11.3 Å². The number of piperidine rings is 1. The average Bonchev–Trinajstić information content (AvgIpc) is 2.94. The molecule has 0 spiro atoms. The molecule has 0 bridgehead atoms. The highest BCUT2D eigenvalue weighted by Crippen LogP contribution is 2.30. The van der Waals surface area contributed by atoms with E-state index in [1.54, 1.807) is 18.9 Å². The SMILES string of the molecule is CNC(=O)C1CC(C)CN(c2ncnc3scnc23)C1. The van der Waals surface area contributed by atoms with E-state index in [1.165, 1.54) is 11.3 Å². The number of hydrogen-bond acceptors (Lipinski definition) is 6. The summed E-state index contributed by atoms with van der Waals surface area (Å²) in [4.78, 5) is 27.9. The molecular weight excluding hydrogens is 274 g/mol. The van der Waals surface area contributed by atoms with Crippen LogP contribution in [0.25, 0.3) is 10.3 Å². The van der Waals surface area contributed by atoms with Crippen LogP contribution in [0.1, 0.15) is 13.3 Å². The van der Waals surface area contributed by atoms with Crippen molar-refractivity contribution < 1.29 is 4.79 Å². The Morgan fingerprint density at radius 3 is 3.05 bits per heavy atom. The third-order valence-corrected chi connectivity index (χ3v) is 4.42. The van der Waals surface area contributed by atoms with Gasteiger partial charge in [-0.25, -0.2) is 15.0 Å². The highest BCUT2D eigenvalue weighted by atomic mass is 32.1. The zero-order valence-electron chi connectivity index (χ0n) is 11.5. The fourth-order valence-electron chi connectivity index (χ4n) is 2.83. The molecule has 1 N–H and O–H groups in total. The van der Waals surface area contributed by atoms with Gasteiger partial charge >= 0.3 is 0 Å². The molecule has 1 aliphatic rings. The van der Waals surface area contributed by atoms with E-state index in [0.717, 1.165) is 29.1 Å². The largest absolute Gasteiger partial charge is 0.359 e. The maximum absolute atomic E-state index is 11.9. The van der Waals surface area contributed by atoms with Crippen molar-refractivity contribution in [3.8, 4) is 0 Å². The monoisotopic (exact) mass is 291 g/mol. The van der Waals surface area contributed by atoms with Gasteiger partial charge in [0.05, 0.1) is 11.4 Å². The molecule has 3 heterocycles. The second-order valence-corrected chi connectivity index (χ2v) is 6.09. The van der Waals surface area contributed by atoms with Crippen LogP contribution < -0.4 is 10.2 Å². The summed E-state index contributed by atoms with van der Waals surface area (Å²) < 4.78 is 0. The van der Waals surface area contributed by atoms with Gasteiger partial charge in [0.25, 0.3) is 0 Å². The molecule has 2 aromatic heterocycles. The van der Waals surface area contributed by atoms with Gasteiger partial charge in [-0.1, -0.05) is 6.92 Å². The molecular formula is C13H17N5OS. The number of thiazole rings is 1. The Bertz CT molecular complexity index is 628. The van der Waals surface area contributed by atoms with Crippen molar-refractivity contribution in [1.29, 1.82) is 0 Å². The first-order chi connectivity index (χ1) is 9.69. The van der Waals surface area contributed by atoms with Gasteiger partial charge in [0.1, 0.15) is 16.7 Å². The second kappa shape index (κ2) is 5.32. The van der Waals surface area contributed by atoms with Crippen LogP contribution in [0.5, 0.6) is 0 Å². The van der Waals surface area contributed by atoms with Gasteiger partial charge in [0.2, 0.25) is 5.91 Å². The first-order valence-corrected chi connectivity index (χ1v) is 7.57. The number of anilines is 1. The van der Waals surface area contributed by atoms with Gasteiger partial charge in [-0.3, -0.25) is 4.79 Å². The standard InChI is InChI=1S/C13H17N5OS/c1-8-3-9(12(19)14-2)5-18(4-8)11-10-13(16-6-15-11)20-7-17-10/h6-9H,3-5H2,1-2H3,(H,14,19). The molecule has 0 aliphatic carbocycles. The molecule has 2 aromatic rings. The summed E-state index contributed by atoms with van der Waals surface area (Å²) in [6.07, 6.45) is 2.49. The highest BCUT2D eigenvalue weighted by Gasteiger charge is 2.30. The van der Waals surface area contributed by atoms with Crippen LogP contribution in [0.4, 0.5) is 5.82 Å². The van der Waals surface area contributed by atoms with Crippen LogP contribution in [0, 0.1) is 11.8 Å². The van der Waals surface area contributed by atoms with Crippen LogP contribution in [0.15, 0.2) is 11.8 Å². The van der Waals surface area contributed by atoms with E-state index >= 15 is 0 Å². The van der Waals surface area contributed by atoms with E-state index in [9.17, 15) is 4.79 Å². The molecule has 2 unspecified atom stereocenters. The summed E-state index contributed by atoms with van der Waals surface area (Å²) in [6, 6.07) is 0. The molecule has 0 radical (unpaired) electrons. The molecule has 106 valence electrons. The van der Waals surface area contributed by atoms with Gasteiger partial charge in [0.15, 0.2) is 5.82 Å². The van der Waals surface area contributed by atoms with E-state index in [-0.39, 0.29) is 11.8 Å². The van der Waals surface area contributed by atoms with Crippen LogP contribution >= 0.6 is 11.3 Å². The Morgan fingerprint density at radius 2 is 2.25 bits per heavy atom. The van der Waals surface area contributed by atoms with E-state index < -0.39 is 0 Å². The number of hydrogen-bond donors (Lipinski definition) is 1. The number of fused-ring (bicyclic) bond motifs is 1. The Hall–Kier alpha value is -1.76. The minimum atomic E-state index is 0.00685. The smallest absolute Gasteiger partial charge is 0.224 e. The van der Waals surface area contributed by atoms with Crippen molar-refractivity contribution in [3.63, 3.8) is 0 Å². The van der Waals surface area contributed by atoms with Gasteiger partial charge in [-0.2, -0.15) is 0 Å². The number of aromatic nitrogens is 3. The molecule has 2 atom stereocenters. The number of carbonyl (C=O) groups excluding carboxylic acids is 1. The minimum Gasteiger partial charge on any atom is -0.359 e. The van der Waals surface area contributed by atoms with Crippen LogP contribution in [0.2, 0.25) is 0 Å². The Morgan fingerprint density at radius 1 is 1.40 bits per heavy atom. The van der Waals surface area contributed by atoms with E-state index in [2.05, 4.69) is 32.1 Å². The topological polar surface area (TPSA) is 71.0 Å². The van der Waals surface area contributed by atoms with E-state index in [0.29, 0.717) is 12.5 Å². The Labute approximate surface area is 121 Å². The molecule has 0 aromatic carbocycles. The summed E-state index contributed by atoms with van der Waals surface area (Å²) in [5.74, 6) is 1.41. The predicted octanol–water partition coefficient (Wildman–Crippen LogP) is 1.29. The van der Waals surface area contributed by atoms with Crippen molar-refractivity contribution >= 4 is 33.4 Å². The molecule has 1 aliphatic heterocycles. The van der Waals surface area contributed by atoms with Crippen LogP contribution in [0.3, 0.4) is 0 Å². The summed E-state index contributed by atoms with van der Waals surface area (Å²) in [5.41, 5.74) is 2.62. The van der Waals surface area contributed by atoms with Gasteiger partial charge < -0.3 is 10.2 Å². The summed E-state index contributed by atoms with van der Waals surface area (Å²) >= 11 is 1.51. The molecule has 1 saturated heterocycles. The van der Waals surface area contributed by atoms with Crippen molar-refractivity contribution in [2.75, 3.05) is 25.0 Å². The fraction of sp³-hybridized carbons (Fsp3) is 0.538. The van der Waals surface area contributed by atoms with Crippen LogP contribution in [-0.4, -0.2) is 41.0 Å². The molecule has 0 saturated carbocycles. The molecule has 3 rings (SSSR count). The Balaban J connectivity index is 1.92. The average molecular weight is 291 g/mol. The zero-order valence-corrected chi connectivity index (χ0v) is 12.4. The molecule has 6 nitrogen and oxygen atoms in total. The van der Waals surface area contributed by atoms with Gasteiger partial charge in [0, 0.05) is 20.1 Å². The lowest BCUT2D eigenvalue weighted by Crippen LogP contribution is -2.45. The Kier molecular flexibility index (Phi) is 3.52. The summed E-state index contributed by atoms with van der Waals surface area (Å²) in [5, 5.41) is 2.75. The van der Waals surface area contributed by atoms with Gasteiger partial charge in [-0.05, 0) is 12.3 Å². The first-order valence-electron chi connectivity index (χ1n) is 6.69. The summed E-state index contributed by atoms with van der Waals surface area (Å²) in [7, 11) is 1.69. The minimum absolute atomic E-state index is 0.00685. The molecule has 1 amide bonds. The quantitative estimate of drug-likeness (QED) is 0.903. The zero-order chi connectivity index (χ0) is 14.1. The predicted molar refractivity (Wildman–Crippen MR) is 78.8 cm³/mol. The molecule has 1 fully saturated rings. The number of nitrogens with one attached hydrogen (secondary N) is 1. The summed E-state index contributed by atoms with van der Waals surface area (Å²) in [6.45, 7) is 3.76. The van der Waals surface area contributed by atoms with Crippen molar-refractivity contribution in [2.45, 2.75) is 13.3 Å². The normalized spacial score (nSPS) is 23.0. The lowest BCUT2D eigenvalue weighted by atomic mass is 9.90. The lowest BCUT2D eigenvalue weighted by Gasteiger charge is -2.36. The number of carbonyl (C=O) groups is 1. The first kappa shape index (κ1) is 13.2. The van der Waals surface area contributed by atoms with Crippen molar-refractivity contribution in [1.82, 2.24) is 20.3 Å². The number of nitrogens with zero attached hydrogens (tertiary/aromatic N) is 4. The van der Waals surface area contributed by atoms with E-state index in [4.69, 9.17) is 0 Å². The van der Waals surface area contributed by atoms with Crippen molar-refractivity contribution in [2.24, 2.45) is 11.8 Å². The highest BCUT2D eigenvalue weighted by molar-refractivity contribution is 7.16. The van der Waals surface area contributed by atoms with Crippen molar-refractivity contribution in [3.05, 3.63) is 11.8 Å². The third-order valence-electron chi connectivity index (χ3n) is 3.69. The van der Waals surface area contributed by atoms with Crippen LogP contribution in [-0.2, 0) is 4.79 Å². The molecule has 20 heavy (non-hydrogen) atoms. The van der Waals surface area contributed by atoms with E-state index in [1.807, 2.05) is 0 Å². The second-order valence-electron chi connectivity index (χ2n) is 5.26. The number of rotatable bonds is 2.